The van der Waals surface area contributed by atoms with E-state index < -0.39 is 12.0 Å². The number of hydrogen-bond donors (Lipinski definition) is 2. The number of aliphatic carboxylic acids is 1. The van der Waals surface area contributed by atoms with Crippen molar-refractivity contribution in [3.63, 3.8) is 0 Å². The van der Waals surface area contributed by atoms with Gasteiger partial charge in [0.15, 0.2) is 12.0 Å². The van der Waals surface area contributed by atoms with Gasteiger partial charge in [-0.2, -0.15) is 0 Å². The molecule has 0 aliphatic rings. The molecule has 0 aromatic rings. The predicted molar refractivity (Wildman–Crippen MR) is 56.3 cm³/mol. The van der Waals surface area contributed by atoms with Crippen molar-refractivity contribution in [1.29, 1.82) is 0 Å². The summed E-state index contributed by atoms with van der Waals surface area (Å²) in [4.78, 5) is 16.3. The number of nitrogens with two attached hydrogens (primary N) is 1. The Morgan fingerprint density at radius 2 is 2.14 bits per heavy atom. The van der Waals surface area contributed by atoms with Crippen LogP contribution in [0.3, 0.4) is 0 Å². The minimum atomic E-state index is -0.914. The van der Waals surface area contributed by atoms with E-state index in [0.29, 0.717) is 6.42 Å². The van der Waals surface area contributed by atoms with Gasteiger partial charge in [0, 0.05) is 14.1 Å². The molecule has 0 aliphatic carbocycles. The fraction of sp³-hybridized carbons (Fsp3) is 0.778. The minimum absolute atomic E-state index is 0.258. The quantitative estimate of drug-likeness (QED) is 0.501. The van der Waals surface area contributed by atoms with Crippen LogP contribution in [0.1, 0.15) is 26.2 Å². The number of carboxylic acid groups (broad SMARTS) is 1. The van der Waals surface area contributed by atoms with Crippen LogP contribution in [0.5, 0.6) is 0 Å². The Morgan fingerprint density at radius 3 is 2.50 bits per heavy atom. The Labute approximate surface area is 84.6 Å². The van der Waals surface area contributed by atoms with Crippen LogP contribution in [-0.2, 0) is 4.79 Å². The number of guanidine groups is 1. The second-order valence-electron chi connectivity index (χ2n) is 3.38. The van der Waals surface area contributed by atoms with Gasteiger partial charge in [0.1, 0.15) is 0 Å². The first-order valence-corrected chi connectivity index (χ1v) is 4.72. The normalized spacial score (nSPS) is 13.8. The summed E-state index contributed by atoms with van der Waals surface area (Å²) in [5, 5.41) is 8.85. The van der Waals surface area contributed by atoms with E-state index in [1.165, 1.54) is 0 Å². The van der Waals surface area contributed by atoms with Crippen molar-refractivity contribution < 1.29 is 9.90 Å². The third-order valence-electron chi connectivity index (χ3n) is 1.86. The van der Waals surface area contributed by atoms with Crippen molar-refractivity contribution >= 4 is 11.9 Å². The van der Waals surface area contributed by atoms with Gasteiger partial charge >= 0.3 is 5.97 Å². The molecule has 5 heteroatoms. The zero-order chi connectivity index (χ0) is 11.1. The lowest BCUT2D eigenvalue weighted by molar-refractivity contribution is -0.138. The second kappa shape index (κ2) is 6.23. The molecule has 82 valence electrons. The third kappa shape index (κ3) is 4.69. The molecule has 5 nitrogen and oxygen atoms in total. The molecule has 0 saturated carbocycles. The zero-order valence-corrected chi connectivity index (χ0v) is 9.03. The summed E-state index contributed by atoms with van der Waals surface area (Å²) < 4.78 is 0. The Balaban J connectivity index is 4.35. The first-order chi connectivity index (χ1) is 6.49. The molecule has 1 atom stereocenters. The van der Waals surface area contributed by atoms with Crippen LogP contribution in [0.25, 0.3) is 0 Å². The number of aliphatic imine (C=N–C) groups is 1. The maximum Gasteiger partial charge on any atom is 0.328 e. The average Bonchev–Trinajstić information content (AvgIpc) is 2.10. The van der Waals surface area contributed by atoms with Crippen molar-refractivity contribution in [2.24, 2.45) is 10.7 Å². The molecule has 0 saturated heterocycles. The third-order valence-corrected chi connectivity index (χ3v) is 1.86. The Morgan fingerprint density at radius 1 is 1.57 bits per heavy atom. The molecular formula is C9H19N3O2. The first kappa shape index (κ1) is 12.7. The standard InChI is InChI=1S/C9H19N3O2/c1-4-5-6-7(8(13)14)11-9(10)12(2)3/h7H,4-6H2,1-3H3,(H2,10,11)(H,13,14). The number of carbonyl (C=O) groups is 1. The van der Waals surface area contributed by atoms with Crippen LogP contribution < -0.4 is 5.73 Å². The number of nitrogens with zero attached hydrogens (tertiary/aromatic N) is 2. The van der Waals surface area contributed by atoms with Gasteiger partial charge in [0.25, 0.3) is 0 Å². The van der Waals surface area contributed by atoms with Gasteiger partial charge < -0.3 is 15.7 Å². The largest absolute Gasteiger partial charge is 0.480 e. The van der Waals surface area contributed by atoms with Crippen LogP contribution in [0.2, 0.25) is 0 Å². The highest BCUT2D eigenvalue weighted by molar-refractivity contribution is 5.82. The Kier molecular flexibility index (Phi) is 5.67. The second-order valence-corrected chi connectivity index (χ2v) is 3.38. The van der Waals surface area contributed by atoms with Crippen LogP contribution in [-0.4, -0.2) is 42.1 Å². The van der Waals surface area contributed by atoms with Crippen molar-refractivity contribution in [3.8, 4) is 0 Å². The zero-order valence-electron chi connectivity index (χ0n) is 9.03. The molecule has 3 N–H and O–H groups in total. The van der Waals surface area contributed by atoms with Gasteiger partial charge in [-0.1, -0.05) is 19.8 Å². The average molecular weight is 201 g/mol. The molecule has 0 heterocycles. The number of rotatable bonds is 5. The molecule has 0 amide bonds. The summed E-state index contributed by atoms with van der Waals surface area (Å²) >= 11 is 0. The minimum Gasteiger partial charge on any atom is -0.480 e. The van der Waals surface area contributed by atoms with Gasteiger partial charge in [-0.15, -0.1) is 0 Å². The van der Waals surface area contributed by atoms with E-state index in [1.54, 1.807) is 19.0 Å². The molecule has 0 fully saturated rings. The lowest BCUT2D eigenvalue weighted by Crippen LogP contribution is -2.33. The molecule has 0 bridgehead atoms. The van der Waals surface area contributed by atoms with Gasteiger partial charge in [-0.3, -0.25) is 0 Å². The maximum atomic E-state index is 10.8. The maximum absolute atomic E-state index is 10.8. The highest BCUT2D eigenvalue weighted by Crippen LogP contribution is 2.05. The Bertz CT molecular complexity index is 214. The van der Waals surface area contributed by atoms with E-state index in [0.717, 1.165) is 12.8 Å². The van der Waals surface area contributed by atoms with Gasteiger partial charge in [-0.05, 0) is 6.42 Å². The number of unbranched alkanes of at least 4 members (excludes halogenated alkanes) is 1. The topological polar surface area (TPSA) is 78.9 Å². The molecule has 0 radical (unpaired) electrons. The van der Waals surface area contributed by atoms with Crippen molar-refractivity contribution in [3.05, 3.63) is 0 Å². The molecule has 0 aromatic carbocycles. The highest BCUT2D eigenvalue weighted by atomic mass is 16.4. The van der Waals surface area contributed by atoms with Crippen LogP contribution in [0.4, 0.5) is 0 Å². The van der Waals surface area contributed by atoms with Gasteiger partial charge in [-0.25, -0.2) is 9.79 Å². The molecule has 0 aliphatic heterocycles. The summed E-state index contributed by atoms with van der Waals surface area (Å²) in [6, 6.07) is -0.711. The van der Waals surface area contributed by atoms with Crippen molar-refractivity contribution in [2.45, 2.75) is 32.2 Å². The van der Waals surface area contributed by atoms with E-state index in [-0.39, 0.29) is 5.96 Å². The lowest BCUT2D eigenvalue weighted by Gasteiger charge is -2.13. The molecule has 0 spiro atoms. The van der Waals surface area contributed by atoms with E-state index in [4.69, 9.17) is 10.8 Å². The van der Waals surface area contributed by atoms with Gasteiger partial charge in [0.2, 0.25) is 0 Å². The Hall–Kier alpha value is -1.26. The summed E-state index contributed by atoms with van der Waals surface area (Å²) in [6.07, 6.45) is 2.35. The van der Waals surface area contributed by atoms with Crippen molar-refractivity contribution in [2.75, 3.05) is 14.1 Å². The molecular weight excluding hydrogens is 182 g/mol. The summed E-state index contributed by atoms with van der Waals surface area (Å²) in [6.45, 7) is 2.01. The predicted octanol–water partition coefficient (Wildman–Crippen LogP) is 0.506. The fourth-order valence-electron chi connectivity index (χ4n) is 0.916. The van der Waals surface area contributed by atoms with Crippen molar-refractivity contribution in [1.82, 2.24) is 4.90 Å². The smallest absolute Gasteiger partial charge is 0.328 e. The summed E-state index contributed by atoms with van der Waals surface area (Å²) in [5.41, 5.74) is 5.54. The monoisotopic (exact) mass is 201 g/mol. The summed E-state index contributed by atoms with van der Waals surface area (Å²) in [5.74, 6) is -0.656. The SMILES string of the molecule is CCCCC(N=C(N)N(C)C)C(=O)O. The number of hydrogen-bond acceptors (Lipinski definition) is 2. The number of carboxylic acids is 1. The van der Waals surface area contributed by atoms with E-state index in [2.05, 4.69) is 4.99 Å². The van der Waals surface area contributed by atoms with E-state index >= 15 is 0 Å². The summed E-state index contributed by atoms with van der Waals surface area (Å²) in [7, 11) is 3.47. The lowest BCUT2D eigenvalue weighted by atomic mass is 10.1. The fourth-order valence-corrected chi connectivity index (χ4v) is 0.916. The van der Waals surface area contributed by atoms with E-state index in [1.807, 2.05) is 6.92 Å². The molecule has 14 heavy (non-hydrogen) atoms. The molecule has 1 unspecified atom stereocenters. The van der Waals surface area contributed by atoms with Crippen LogP contribution >= 0.6 is 0 Å². The highest BCUT2D eigenvalue weighted by Gasteiger charge is 2.15. The van der Waals surface area contributed by atoms with Gasteiger partial charge in [0.05, 0.1) is 0 Å². The molecule has 0 rings (SSSR count). The van der Waals surface area contributed by atoms with Crippen LogP contribution in [0.15, 0.2) is 4.99 Å². The van der Waals surface area contributed by atoms with E-state index in [9.17, 15) is 4.79 Å². The van der Waals surface area contributed by atoms with Crippen LogP contribution in [0, 0.1) is 0 Å². The molecule has 0 aromatic heterocycles. The first-order valence-electron chi connectivity index (χ1n) is 4.72.